The van der Waals surface area contributed by atoms with Crippen molar-refractivity contribution >= 4 is 22.6 Å². The van der Waals surface area contributed by atoms with Crippen molar-refractivity contribution in [2.24, 2.45) is 0 Å². The lowest BCUT2D eigenvalue weighted by atomic mass is 9.95. The van der Waals surface area contributed by atoms with E-state index in [0.29, 0.717) is 6.42 Å². The Bertz CT molecular complexity index is 594. The lowest BCUT2D eigenvalue weighted by molar-refractivity contribution is 0.208. The molecule has 1 atom stereocenters. The van der Waals surface area contributed by atoms with Crippen LogP contribution in [-0.4, -0.2) is 28.3 Å². The maximum Gasteiger partial charge on any atom is 0.319 e. The number of carbonyl (C=O) groups excluding carboxylic acids is 1. The molecule has 1 aromatic carbocycles. The van der Waals surface area contributed by atoms with Crippen molar-refractivity contribution in [3.8, 4) is 0 Å². The number of aromatic nitrogens is 1. The summed E-state index contributed by atoms with van der Waals surface area (Å²) in [6.07, 6.45) is 3.16. The number of hydrogen-bond acceptors (Lipinski definition) is 2. The Morgan fingerprint density at radius 2 is 2.20 bits per heavy atom. The minimum absolute atomic E-state index is 0.0555. The number of benzene rings is 1. The fraction of sp³-hybridized carbons (Fsp3) is 0.400. The van der Waals surface area contributed by atoms with Gasteiger partial charge in [-0.25, -0.2) is 4.79 Å². The van der Waals surface area contributed by atoms with Gasteiger partial charge in [-0.05, 0) is 44.0 Å². The number of hydrogen-bond donors (Lipinski definition) is 4. The lowest BCUT2D eigenvalue weighted by Crippen LogP contribution is -2.48. The maximum absolute atomic E-state index is 12.0. The molecular formula is C15H21N3O2. The largest absolute Gasteiger partial charge is 0.396 e. The number of urea groups is 1. The number of amides is 2. The number of aliphatic hydroxyl groups is 1. The van der Waals surface area contributed by atoms with Crippen molar-refractivity contribution in [3.63, 3.8) is 0 Å². The second-order valence-corrected chi connectivity index (χ2v) is 5.25. The van der Waals surface area contributed by atoms with Gasteiger partial charge in [-0.3, -0.25) is 0 Å². The smallest absolute Gasteiger partial charge is 0.319 e. The van der Waals surface area contributed by atoms with Crippen molar-refractivity contribution < 1.29 is 9.90 Å². The second kappa shape index (κ2) is 5.96. The average Bonchev–Trinajstić information content (AvgIpc) is 2.86. The van der Waals surface area contributed by atoms with Crippen LogP contribution in [0.3, 0.4) is 0 Å². The molecule has 2 amide bonds. The van der Waals surface area contributed by atoms with Crippen LogP contribution in [0.2, 0.25) is 0 Å². The third kappa shape index (κ3) is 3.30. The van der Waals surface area contributed by atoms with Gasteiger partial charge in [0.15, 0.2) is 0 Å². The van der Waals surface area contributed by atoms with Crippen LogP contribution in [-0.2, 0) is 0 Å². The molecule has 2 rings (SSSR count). The third-order valence-electron chi connectivity index (χ3n) is 3.67. The van der Waals surface area contributed by atoms with E-state index in [1.165, 1.54) is 0 Å². The van der Waals surface area contributed by atoms with Gasteiger partial charge in [0.05, 0.1) is 0 Å². The van der Waals surface area contributed by atoms with Crippen LogP contribution in [0.4, 0.5) is 10.5 Å². The van der Waals surface area contributed by atoms with Crippen LogP contribution in [0.15, 0.2) is 30.5 Å². The molecule has 0 fully saturated rings. The molecule has 2 aromatic rings. The predicted octanol–water partition coefficient (Wildman–Crippen LogP) is 2.84. The van der Waals surface area contributed by atoms with Gasteiger partial charge in [-0.15, -0.1) is 0 Å². The average molecular weight is 275 g/mol. The van der Waals surface area contributed by atoms with E-state index in [9.17, 15) is 4.79 Å². The van der Waals surface area contributed by atoms with Gasteiger partial charge < -0.3 is 20.7 Å². The third-order valence-corrected chi connectivity index (χ3v) is 3.67. The van der Waals surface area contributed by atoms with Crippen molar-refractivity contribution in [2.75, 3.05) is 11.9 Å². The first-order valence-corrected chi connectivity index (χ1v) is 6.83. The van der Waals surface area contributed by atoms with E-state index in [2.05, 4.69) is 15.6 Å². The number of fused-ring (bicyclic) bond motifs is 1. The Labute approximate surface area is 118 Å². The molecule has 0 spiro atoms. The first kappa shape index (κ1) is 14.4. The molecule has 0 aliphatic heterocycles. The van der Waals surface area contributed by atoms with Crippen LogP contribution < -0.4 is 10.6 Å². The Balaban J connectivity index is 2.03. The summed E-state index contributed by atoms with van der Waals surface area (Å²) in [4.78, 5) is 15.1. The van der Waals surface area contributed by atoms with Crippen LogP contribution >= 0.6 is 0 Å². The molecule has 1 unspecified atom stereocenters. The molecule has 0 saturated heterocycles. The molecule has 0 radical (unpaired) electrons. The van der Waals surface area contributed by atoms with Gasteiger partial charge in [-0.2, -0.15) is 0 Å². The Kier molecular flexibility index (Phi) is 4.29. The van der Waals surface area contributed by atoms with Gasteiger partial charge in [0.2, 0.25) is 0 Å². The van der Waals surface area contributed by atoms with Crippen molar-refractivity contribution in [2.45, 2.75) is 32.2 Å². The number of H-pyrrole nitrogens is 1. The number of nitrogens with one attached hydrogen (secondary N) is 3. The van der Waals surface area contributed by atoms with E-state index in [0.717, 1.165) is 23.0 Å². The number of anilines is 1. The monoisotopic (exact) mass is 275 g/mol. The zero-order valence-electron chi connectivity index (χ0n) is 11.9. The maximum atomic E-state index is 12.0. The van der Waals surface area contributed by atoms with E-state index in [4.69, 9.17) is 5.11 Å². The quantitative estimate of drug-likeness (QED) is 0.677. The molecular weight excluding hydrogens is 254 g/mol. The summed E-state index contributed by atoms with van der Waals surface area (Å²) in [5, 5.41) is 15.9. The first-order valence-electron chi connectivity index (χ1n) is 6.83. The van der Waals surface area contributed by atoms with E-state index in [1.807, 2.05) is 44.3 Å². The lowest BCUT2D eigenvalue weighted by Gasteiger charge is -2.29. The predicted molar refractivity (Wildman–Crippen MR) is 80.9 cm³/mol. The van der Waals surface area contributed by atoms with E-state index in [1.54, 1.807) is 0 Å². The standard InChI is InChI=1S/C15H21N3O2/c1-3-15(2,7-9-19)18-14(20)17-12-4-5-13-11(10-12)6-8-16-13/h4-6,8,10,16,19H,3,7,9H2,1-2H3,(H2,17,18,20). The SMILES string of the molecule is CCC(C)(CCO)NC(=O)Nc1ccc2[nH]ccc2c1. The summed E-state index contributed by atoms with van der Waals surface area (Å²) in [6.45, 7) is 3.97. The molecule has 108 valence electrons. The number of carbonyl (C=O) groups is 1. The highest BCUT2D eigenvalue weighted by atomic mass is 16.3. The second-order valence-electron chi connectivity index (χ2n) is 5.25. The molecule has 0 saturated carbocycles. The zero-order chi connectivity index (χ0) is 14.6. The Morgan fingerprint density at radius 3 is 2.90 bits per heavy atom. The summed E-state index contributed by atoms with van der Waals surface area (Å²) in [5.41, 5.74) is 1.39. The summed E-state index contributed by atoms with van der Waals surface area (Å²) >= 11 is 0. The molecule has 4 N–H and O–H groups in total. The molecule has 20 heavy (non-hydrogen) atoms. The number of aromatic amines is 1. The van der Waals surface area contributed by atoms with Crippen LogP contribution in [0.1, 0.15) is 26.7 Å². The van der Waals surface area contributed by atoms with Crippen LogP contribution in [0.25, 0.3) is 10.9 Å². The minimum atomic E-state index is -0.392. The van der Waals surface area contributed by atoms with E-state index >= 15 is 0 Å². The highest BCUT2D eigenvalue weighted by Crippen LogP contribution is 2.18. The highest BCUT2D eigenvalue weighted by molar-refractivity contribution is 5.93. The highest BCUT2D eigenvalue weighted by Gasteiger charge is 2.23. The van der Waals surface area contributed by atoms with Crippen LogP contribution in [0, 0.1) is 0 Å². The summed E-state index contributed by atoms with van der Waals surface area (Å²) in [5.74, 6) is 0. The minimum Gasteiger partial charge on any atom is -0.396 e. The molecule has 5 nitrogen and oxygen atoms in total. The number of aliphatic hydroxyl groups excluding tert-OH is 1. The fourth-order valence-corrected chi connectivity index (χ4v) is 2.14. The molecule has 1 aromatic heterocycles. The summed E-state index contributed by atoms with van der Waals surface area (Å²) < 4.78 is 0. The Morgan fingerprint density at radius 1 is 1.40 bits per heavy atom. The summed E-state index contributed by atoms with van der Waals surface area (Å²) in [7, 11) is 0. The first-order chi connectivity index (χ1) is 9.56. The van der Waals surface area contributed by atoms with Gasteiger partial charge in [0, 0.05) is 34.9 Å². The topological polar surface area (TPSA) is 77.2 Å². The molecule has 0 bridgehead atoms. The van der Waals surface area contributed by atoms with Gasteiger partial charge in [-0.1, -0.05) is 6.92 Å². The van der Waals surface area contributed by atoms with Gasteiger partial charge in [0.1, 0.15) is 0 Å². The van der Waals surface area contributed by atoms with Crippen LogP contribution in [0.5, 0.6) is 0 Å². The van der Waals surface area contributed by atoms with E-state index < -0.39 is 5.54 Å². The van der Waals surface area contributed by atoms with E-state index in [-0.39, 0.29) is 12.6 Å². The molecule has 5 heteroatoms. The van der Waals surface area contributed by atoms with Gasteiger partial charge in [0.25, 0.3) is 0 Å². The van der Waals surface area contributed by atoms with Gasteiger partial charge >= 0.3 is 6.03 Å². The van der Waals surface area contributed by atoms with Crippen molar-refractivity contribution in [1.82, 2.24) is 10.3 Å². The molecule has 0 aliphatic rings. The zero-order valence-corrected chi connectivity index (χ0v) is 11.9. The summed E-state index contributed by atoms with van der Waals surface area (Å²) in [6, 6.07) is 7.41. The number of rotatable bonds is 5. The Hall–Kier alpha value is -2.01. The molecule has 1 heterocycles. The normalized spacial score (nSPS) is 13.9. The molecule has 0 aliphatic carbocycles. The fourth-order valence-electron chi connectivity index (χ4n) is 2.14. The van der Waals surface area contributed by atoms with Crippen molar-refractivity contribution in [1.29, 1.82) is 0 Å². The van der Waals surface area contributed by atoms with Crippen molar-refractivity contribution in [3.05, 3.63) is 30.5 Å².